The molecule has 0 aromatic heterocycles. The minimum absolute atomic E-state index is 0.0416. The van der Waals surface area contributed by atoms with Gasteiger partial charge in [0.2, 0.25) is 0 Å². The van der Waals surface area contributed by atoms with E-state index in [-0.39, 0.29) is 5.04 Å². The first-order chi connectivity index (χ1) is 10.6. The smallest absolute Gasteiger partial charge is 0.427 e. The van der Waals surface area contributed by atoms with Gasteiger partial charge in [-0.3, -0.25) is 0 Å². The van der Waals surface area contributed by atoms with Crippen molar-refractivity contribution in [1.82, 2.24) is 0 Å². The largest absolute Gasteiger partial charge is 0.511 e. The molecule has 1 fully saturated rings. The standard InChI is InChI=1S/C14H21F5O4Si/c1-11(2,3)24(4,5)8-6-7-22-12(9-21-10(20)23-12)13(15,16)14(17,18)19/h6,8H,7,9H2,1-5H3. The number of cyclic esters (lactones) is 2. The number of alkyl halides is 5. The average Bonchev–Trinajstić information content (AvgIpc) is 2.75. The van der Waals surface area contributed by atoms with Crippen LogP contribution in [0, 0.1) is 0 Å². The van der Waals surface area contributed by atoms with Crippen LogP contribution in [-0.4, -0.2) is 45.3 Å². The van der Waals surface area contributed by atoms with Gasteiger partial charge >= 0.3 is 24.0 Å². The first-order valence-electron chi connectivity index (χ1n) is 7.18. The van der Waals surface area contributed by atoms with Gasteiger partial charge in [-0.2, -0.15) is 22.0 Å². The summed E-state index contributed by atoms with van der Waals surface area (Å²) in [5.74, 6) is -8.92. The first-order valence-corrected chi connectivity index (χ1v) is 10.3. The molecule has 0 N–H and O–H groups in total. The maximum Gasteiger partial charge on any atom is 0.511 e. The summed E-state index contributed by atoms with van der Waals surface area (Å²) in [6.45, 7) is 8.15. The Morgan fingerprint density at radius 1 is 1.21 bits per heavy atom. The molecular weight excluding hydrogens is 355 g/mol. The fourth-order valence-electron chi connectivity index (χ4n) is 1.66. The summed E-state index contributed by atoms with van der Waals surface area (Å²) < 4.78 is 78.1. The second-order valence-corrected chi connectivity index (χ2v) is 12.4. The number of ether oxygens (including phenoxy) is 3. The lowest BCUT2D eigenvalue weighted by Crippen LogP contribution is -2.60. The molecule has 1 aliphatic rings. The van der Waals surface area contributed by atoms with Crippen LogP contribution in [0.2, 0.25) is 18.1 Å². The zero-order valence-electron chi connectivity index (χ0n) is 14.1. The molecule has 0 aliphatic carbocycles. The summed E-state index contributed by atoms with van der Waals surface area (Å²) >= 11 is 0. The third-order valence-electron chi connectivity index (χ3n) is 4.34. The maximum atomic E-state index is 13.7. The number of halogens is 5. The lowest BCUT2D eigenvalue weighted by Gasteiger charge is -2.35. The SMILES string of the molecule is CC(C)(C)[Si](C)(C)C=CCOC1(C(F)(F)C(F)(F)F)COC(=O)O1. The molecule has 24 heavy (non-hydrogen) atoms. The van der Waals surface area contributed by atoms with Crippen LogP contribution >= 0.6 is 0 Å². The Bertz CT molecular complexity index is 510. The highest BCUT2D eigenvalue weighted by atomic mass is 28.3. The van der Waals surface area contributed by atoms with E-state index < -0.39 is 45.3 Å². The summed E-state index contributed by atoms with van der Waals surface area (Å²) in [6.07, 6.45) is -6.21. The van der Waals surface area contributed by atoms with Crippen LogP contribution in [0.1, 0.15) is 20.8 Å². The third-order valence-corrected chi connectivity index (χ3v) is 9.28. The Morgan fingerprint density at radius 2 is 1.75 bits per heavy atom. The molecule has 0 spiro atoms. The molecule has 1 saturated heterocycles. The lowest BCUT2D eigenvalue weighted by molar-refractivity contribution is -0.391. The number of hydrogen-bond donors (Lipinski definition) is 0. The van der Waals surface area contributed by atoms with E-state index in [0.717, 1.165) is 0 Å². The Kier molecular flexibility index (Phi) is 5.47. The van der Waals surface area contributed by atoms with E-state index in [1.165, 1.54) is 6.08 Å². The van der Waals surface area contributed by atoms with E-state index in [0.29, 0.717) is 0 Å². The second-order valence-electron chi connectivity index (χ2n) is 7.15. The highest BCUT2D eigenvalue weighted by molar-refractivity contribution is 6.84. The molecule has 1 unspecified atom stereocenters. The Balaban J connectivity index is 2.93. The molecule has 4 nitrogen and oxygen atoms in total. The van der Waals surface area contributed by atoms with E-state index >= 15 is 0 Å². The molecular formula is C14H21F5O4Si. The quantitative estimate of drug-likeness (QED) is 0.397. The molecule has 1 rings (SSSR count). The molecule has 1 atom stereocenters. The van der Waals surface area contributed by atoms with Gasteiger partial charge < -0.3 is 14.2 Å². The van der Waals surface area contributed by atoms with Crippen molar-refractivity contribution in [3.63, 3.8) is 0 Å². The van der Waals surface area contributed by atoms with Gasteiger partial charge in [-0.1, -0.05) is 45.6 Å². The fourth-order valence-corrected chi connectivity index (χ4v) is 2.84. The summed E-state index contributed by atoms with van der Waals surface area (Å²) in [5.41, 5.74) is 1.78. The van der Waals surface area contributed by atoms with Crippen LogP contribution in [0.3, 0.4) is 0 Å². The topological polar surface area (TPSA) is 44.8 Å². The summed E-state index contributed by atoms with van der Waals surface area (Å²) in [6, 6.07) is 0. The molecule has 0 aromatic carbocycles. The van der Waals surface area contributed by atoms with E-state index in [4.69, 9.17) is 0 Å². The Hall–Kier alpha value is -1.16. The highest BCUT2D eigenvalue weighted by Crippen LogP contribution is 2.48. The predicted octanol–water partition coefficient (Wildman–Crippen LogP) is 4.67. The minimum Gasteiger partial charge on any atom is -0.427 e. The van der Waals surface area contributed by atoms with Gasteiger partial charge in [0.15, 0.2) is 6.61 Å². The first kappa shape index (κ1) is 20.9. The van der Waals surface area contributed by atoms with Gasteiger partial charge in [-0.15, -0.1) is 0 Å². The van der Waals surface area contributed by atoms with Crippen LogP contribution in [0.5, 0.6) is 0 Å². The molecule has 0 radical (unpaired) electrons. The van der Waals surface area contributed by atoms with Gasteiger partial charge in [0, 0.05) is 0 Å². The number of carbonyl (C=O) groups excluding carboxylic acids is 1. The van der Waals surface area contributed by atoms with E-state index in [9.17, 15) is 26.7 Å². The molecule has 10 heteroatoms. The monoisotopic (exact) mass is 376 g/mol. The van der Waals surface area contributed by atoms with Gasteiger partial charge in [-0.05, 0) is 5.04 Å². The molecule has 0 amide bonds. The van der Waals surface area contributed by atoms with Crippen LogP contribution in [0.15, 0.2) is 11.8 Å². The second kappa shape index (κ2) is 6.29. The van der Waals surface area contributed by atoms with Crippen LogP contribution in [-0.2, 0) is 14.2 Å². The van der Waals surface area contributed by atoms with Crippen molar-refractivity contribution in [1.29, 1.82) is 0 Å². The zero-order valence-corrected chi connectivity index (χ0v) is 15.1. The van der Waals surface area contributed by atoms with Gasteiger partial charge in [-0.25, -0.2) is 4.79 Å². The van der Waals surface area contributed by atoms with Crippen LogP contribution < -0.4 is 0 Å². The Labute approximate surface area is 137 Å². The van der Waals surface area contributed by atoms with Crippen molar-refractivity contribution >= 4 is 14.2 Å². The summed E-state index contributed by atoms with van der Waals surface area (Å²) in [7, 11) is -1.91. The predicted molar refractivity (Wildman–Crippen MR) is 78.5 cm³/mol. The summed E-state index contributed by atoms with van der Waals surface area (Å²) in [5, 5.41) is -0.0416. The van der Waals surface area contributed by atoms with Gasteiger partial charge in [0.05, 0.1) is 14.7 Å². The van der Waals surface area contributed by atoms with Crippen LogP contribution in [0.25, 0.3) is 0 Å². The van der Waals surface area contributed by atoms with Crippen molar-refractivity contribution in [2.75, 3.05) is 13.2 Å². The summed E-state index contributed by atoms with van der Waals surface area (Å²) in [4.78, 5) is 10.9. The molecule has 0 bridgehead atoms. The number of hydrogen-bond acceptors (Lipinski definition) is 4. The fraction of sp³-hybridized carbons (Fsp3) is 0.786. The molecule has 0 saturated carbocycles. The zero-order chi connectivity index (χ0) is 19.0. The minimum atomic E-state index is -5.95. The average molecular weight is 376 g/mol. The molecule has 1 aliphatic heterocycles. The molecule has 140 valence electrons. The highest BCUT2D eigenvalue weighted by Gasteiger charge is 2.76. The van der Waals surface area contributed by atoms with E-state index in [1.54, 1.807) is 5.70 Å². The van der Waals surface area contributed by atoms with E-state index in [2.05, 4.69) is 14.2 Å². The van der Waals surface area contributed by atoms with Crippen molar-refractivity contribution < 1.29 is 41.0 Å². The maximum absolute atomic E-state index is 13.7. The van der Waals surface area contributed by atoms with Gasteiger partial charge in [0.25, 0.3) is 0 Å². The molecule has 1 heterocycles. The van der Waals surface area contributed by atoms with Gasteiger partial charge in [0.1, 0.15) is 0 Å². The third kappa shape index (κ3) is 3.90. The van der Waals surface area contributed by atoms with Crippen LogP contribution in [0.4, 0.5) is 26.7 Å². The van der Waals surface area contributed by atoms with Crippen molar-refractivity contribution in [2.45, 2.75) is 56.8 Å². The van der Waals surface area contributed by atoms with E-state index in [1.807, 2.05) is 33.9 Å². The molecule has 0 aromatic rings. The number of carbonyl (C=O) groups is 1. The number of rotatable bonds is 5. The lowest BCUT2D eigenvalue weighted by atomic mass is 10.1. The van der Waals surface area contributed by atoms with Crippen molar-refractivity contribution in [3.8, 4) is 0 Å². The Morgan fingerprint density at radius 3 is 2.12 bits per heavy atom. The normalized spacial score (nSPS) is 23.5. The van der Waals surface area contributed by atoms with Crippen molar-refractivity contribution in [3.05, 3.63) is 11.8 Å². The van der Waals surface area contributed by atoms with Crippen molar-refractivity contribution in [2.24, 2.45) is 0 Å².